The standard InChI is InChI=1S/C8H12O2/c1-4-8(10)5-6(2)7(3)9/h1,7-10H,2,5H2,3H3/t7-,8+/m1/s1. The van der Waals surface area contributed by atoms with E-state index in [4.69, 9.17) is 16.6 Å². The summed E-state index contributed by atoms with van der Waals surface area (Å²) < 4.78 is 0. The molecule has 0 rings (SSSR count). The highest BCUT2D eigenvalue weighted by molar-refractivity contribution is 5.07. The Bertz CT molecular complexity index is 153. The van der Waals surface area contributed by atoms with Gasteiger partial charge < -0.3 is 10.2 Å². The third-order valence-corrected chi connectivity index (χ3v) is 1.24. The molecule has 0 spiro atoms. The Balaban J connectivity index is 3.71. The van der Waals surface area contributed by atoms with Crippen LogP contribution >= 0.6 is 0 Å². The lowest BCUT2D eigenvalue weighted by Gasteiger charge is -2.08. The van der Waals surface area contributed by atoms with Gasteiger partial charge in [0.2, 0.25) is 0 Å². The minimum atomic E-state index is -0.818. The molecule has 2 N–H and O–H groups in total. The molecular weight excluding hydrogens is 128 g/mol. The van der Waals surface area contributed by atoms with E-state index in [9.17, 15) is 0 Å². The Morgan fingerprint density at radius 1 is 1.70 bits per heavy atom. The van der Waals surface area contributed by atoms with Crippen LogP contribution in [0.25, 0.3) is 0 Å². The van der Waals surface area contributed by atoms with E-state index in [1.165, 1.54) is 0 Å². The van der Waals surface area contributed by atoms with Crippen LogP contribution in [-0.4, -0.2) is 22.4 Å². The van der Waals surface area contributed by atoms with Crippen LogP contribution < -0.4 is 0 Å². The van der Waals surface area contributed by atoms with Crippen LogP contribution in [0.2, 0.25) is 0 Å². The summed E-state index contributed by atoms with van der Waals surface area (Å²) in [5.41, 5.74) is 0.561. The first-order valence-electron chi connectivity index (χ1n) is 3.08. The zero-order valence-corrected chi connectivity index (χ0v) is 6.04. The van der Waals surface area contributed by atoms with Crippen molar-refractivity contribution in [3.05, 3.63) is 12.2 Å². The molecule has 0 aliphatic rings. The van der Waals surface area contributed by atoms with Crippen molar-refractivity contribution in [3.63, 3.8) is 0 Å². The van der Waals surface area contributed by atoms with Gasteiger partial charge in [0.25, 0.3) is 0 Å². The Morgan fingerprint density at radius 3 is 2.50 bits per heavy atom. The molecule has 0 saturated heterocycles. The molecule has 2 nitrogen and oxygen atoms in total. The van der Waals surface area contributed by atoms with Gasteiger partial charge in [-0.05, 0) is 12.5 Å². The molecule has 10 heavy (non-hydrogen) atoms. The Morgan fingerprint density at radius 2 is 2.20 bits per heavy atom. The third-order valence-electron chi connectivity index (χ3n) is 1.24. The van der Waals surface area contributed by atoms with Crippen LogP contribution in [0.15, 0.2) is 12.2 Å². The molecule has 0 aliphatic heterocycles. The summed E-state index contributed by atoms with van der Waals surface area (Å²) in [6, 6.07) is 0. The van der Waals surface area contributed by atoms with E-state index in [1.54, 1.807) is 6.92 Å². The van der Waals surface area contributed by atoms with Gasteiger partial charge in [0.1, 0.15) is 6.10 Å². The predicted octanol–water partition coefficient (Wildman–Crippen LogP) is 0.308. The molecule has 0 aromatic carbocycles. The van der Waals surface area contributed by atoms with Crippen LogP contribution in [0.1, 0.15) is 13.3 Å². The van der Waals surface area contributed by atoms with Crippen LogP contribution in [-0.2, 0) is 0 Å². The number of rotatable bonds is 3. The molecule has 0 heterocycles. The van der Waals surface area contributed by atoms with Gasteiger partial charge in [-0.2, -0.15) is 0 Å². The first-order valence-corrected chi connectivity index (χ1v) is 3.08. The summed E-state index contributed by atoms with van der Waals surface area (Å²) in [5.74, 6) is 2.13. The monoisotopic (exact) mass is 140 g/mol. The average Bonchev–Trinajstić information content (AvgIpc) is 1.87. The van der Waals surface area contributed by atoms with Crippen LogP contribution in [0.4, 0.5) is 0 Å². The molecule has 0 bridgehead atoms. The average molecular weight is 140 g/mol. The highest BCUT2D eigenvalue weighted by Gasteiger charge is 2.06. The second kappa shape index (κ2) is 4.10. The smallest absolute Gasteiger partial charge is 0.118 e. The molecule has 0 saturated carbocycles. The highest BCUT2D eigenvalue weighted by atomic mass is 16.3. The molecule has 0 radical (unpaired) electrons. The Kier molecular flexibility index (Phi) is 3.78. The van der Waals surface area contributed by atoms with E-state index in [-0.39, 0.29) is 6.42 Å². The maximum absolute atomic E-state index is 8.89. The van der Waals surface area contributed by atoms with Crippen LogP contribution in [0.3, 0.4) is 0 Å². The summed E-state index contributed by atoms with van der Waals surface area (Å²) in [6.07, 6.45) is 3.76. The van der Waals surface area contributed by atoms with E-state index < -0.39 is 12.2 Å². The van der Waals surface area contributed by atoms with Gasteiger partial charge in [0, 0.05) is 6.42 Å². The molecular formula is C8H12O2. The summed E-state index contributed by atoms with van der Waals surface area (Å²) in [5, 5.41) is 17.8. The van der Waals surface area contributed by atoms with Crippen molar-refractivity contribution in [3.8, 4) is 12.3 Å². The second-order valence-corrected chi connectivity index (χ2v) is 2.22. The van der Waals surface area contributed by atoms with Gasteiger partial charge in [-0.15, -0.1) is 6.42 Å². The highest BCUT2D eigenvalue weighted by Crippen LogP contribution is 2.06. The Hall–Kier alpha value is -0.780. The molecule has 56 valence electrons. The van der Waals surface area contributed by atoms with Crippen molar-refractivity contribution < 1.29 is 10.2 Å². The van der Waals surface area contributed by atoms with Crippen molar-refractivity contribution in [1.82, 2.24) is 0 Å². The molecule has 0 aromatic rings. The number of aliphatic hydroxyl groups excluding tert-OH is 2. The third kappa shape index (κ3) is 3.29. The van der Waals surface area contributed by atoms with Crippen LogP contribution in [0, 0.1) is 12.3 Å². The first kappa shape index (κ1) is 9.22. The van der Waals surface area contributed by atoms with Crippen LogP contribution in [0.5, 0.6) is 0 Å². The second-order valence-electron chi connectivity index (χ2n) is 2.22. The van der Waals surface area contributed by atoms with E-state index >= 15 is 0 Å². The van der Waals surface area contributed by atoms with Gasteiger partial charge in [0.15, 0.2) is 0 Å². The first-order chi connectivity index (χ1) is 4.57. The van der Waals surface area contributed by atoms with Crippen molar-refractivity contribution in [2.24, 2.45) is 0 Å². The molecule has 0 aliphatic carbocycles. The normalized spacial score (nSPS) is 15.4. The summed E-state index contributed by atoms with van der Waals surface area (Å²) in [6.45, 7) is 5.13. The maximum atomic E-state index is 8.89. The van der Waals surface area contributed by atoms with Gasteiger partial charge in [-0.3, -0.25) is 0 Å². The fourth-order valence-corrected chi connectivity index (χ4v) is 0.478. The number of terminal acetylenes is 1. The molecule has 0 amide bonds. The number of aliphatic hydroxyl groups is 2. The predicted molar refractivity (Wildman–Crippen MR) is 40.3 cm³/mol. The van der Waals surface area contributed by atoms with E-state index in [2.05, 4.69) is 12.5 Å². The zero-order chi connectivity index (χ0) is 8.15. The summed E-state index contributed by atoms with van der Waals surface area (Å²) in [4.78, 5) is 0. The van der Waals surface area contributed by atoms with Gasteiger partial charge in [0.05, 0.1) is 6.10 Å². The molecule has 2 heteroatoms. The topological polar surface area (TPSA) is 40.5 Å². The quantitative estimate of drug-likeness (QED) is 0.437. The lowest BCUT2D eigenvalue weighted by molar-refractivity contribution is 0.195. The van der Waals surface area contributed by atoms with Gasteiger partial charge in [-0.25, -0.2) is 0 Å². The molecule has 0 fully saturated rings. The molecule has 0 unspecified atom stereocenters. The fourth-order valence-electron chi connectivity index (χ4n) is 0.478. The van der Waals surface area contributed by atoms with Crippen molar-refractivity contribution >= 4 is 0 Å². The fraction of sp³-hybridized carbons (Fsp3) is 0.500. The SMILES string of the molecule is C#C[C@H](O)CC(=C)[C@@H](C)O. The van der Waals surface area contributed by atoms with Crippen molar-refractivity contribution in [2.75, 3.05) is 0 Å². The van der Waals surface area contributed by atoms with E-state index in [0.717, 1.165) is 0 Å². The minimum Gasteiger partial charge on any atom is -0.389 e. The van der Waals surface area contributed by atoms with Crippen molar-refractivity contribution in [1.29, 1.82) is 0 Å². The van der Waals surface area contributed by atoms with E-state index in [0.29, 0.717) is 5.57 Å². The number of hydrogen-bond acceptors (Lipinski definition) is 2. The zero-order valence-electron chi connectivity index (χ0n) is 6.04. The van der Waals surface area contributed by atoms with Gasteiger partial charge in [-0.1, -0.05) is 12.5 Å². The largest absolute Gasteiger partial charge is 0.389 e. The maximum Gasteiger partial charge on any atom is 0.118 e. The molecule has 2 atom stereocenters. The lowest BCUT2D eigenvalue weighted by atomic mass is 10.1. The molecule has 0 aromatic heterocycles. The number of hydrogen-bond donors (Lipinski definition) is 2. The lowest BCUT2D eigenvalue weighted by Crippen LogP contribution is -2.11. The van der Waals surface area contributed by atoms with Crippen molar-refractivity contribution in [2.45, 2.75) is 25.6 Å². The minimum absolute atomic E-state index is 0.272. The summed E-state index contributed by atoms with van der Waals surface area (Å²) >= 11 is 0. The van der Waals surface area contributed by atoms with Gasteiger partial charge >= 0.3 is 0 Å². The Labute approximate surface area is 61.2 Å². The summed E-state index contributed by atoms with van der Waals surface area (Å²) in [7, 11) is 0. The van der Waals surface area contributed by atoms with E-state index in [1.807, 2.05) is 0 Å².